The summed E-state index contributed by atoms with van der Waals surface area (Å²) in [6, 6.07) is 9.14. The molecule has 4 nitrogen and oxygen atoms in total. The number of nitrogens with one attached hydrogen (secondary N) is 1. The number of carbonyl (C=O) groups excluding carboxylic acids is 1. The number of aliphatic carboxylic acids is 1. The fourth-order valence-corrected chi connectivity index (χ4v) is 1.52. The molecule has 0 aliphatic rings. The maximum atomic E-state index is 11.0. The van der Waals surface area contributed by atoms with Crippen LogP contribution in [0.5, 0.6) is 0 Å². The highest BCUT2D eigenvalue weighted by Crippen LogP contribution is 2.17. The Morgan fingerprint density at radius 1 is 1.31 bits per heavy atom. The SMILES string of the molecule is CC(=O)NC(CCC(=O)O)c1ccccc1. The minimum absolute atomic E-state index is 0.0415. The van der Waals surface area contributed by atoms with E-state index in [1.165, 1.54) is 6.92 Å². The molecule has 86 valence electrons. The maximum absolute atomic E-state index is 11.0. The van der Waals surface area contributed by atoms with Crippen LogP contribution in [-0.2, 0) is 9.59 Å². The van der Waals surface area contributed by atoms with Crippen LogP contribution in [0.4, 0.5) is 0 Å². The summed E-state index contributed by atoms with van der Waals surface area (Å²) in [5.74, 6) is -1.01. The van der Waals surface area contributed by atoms with Gasteiger partial charge in [-0.25, -0.2) is 0 Å². The third-order valence-corrected chi connectivity index (χ3v) is 2.23. The van der Waals surface area contributed by atoms with Crippen molar-refractivity contribution < 1.29 is 14.7 Å². The van der Waals surface area contributed by atoms with E-state index in [-0.39, 0.29) is 18.4 Å². The molecule has 0 aliphatic heterocycles. The Hall–Kier alpha value is -1.84. The third kappa shape index (κ3) is 4.13. The highest BCUT2D eigenvalue weighted by atomic mass is 16.4. The van der Waals surface area contributed by atoms with Gasteiger partial charge in [0, 0.05) is 13.3 Å². The Labute approximate surface area is 94.3 Å². The molecule has 1 rings (SSSR count). The molecule has 4 heteroatoms. The number of carboxylic acid groups (broad SMARTS) is 1. The minimum atomic E-state index is -0.855. The first-order valence-electron chi connectivity index (χ1n) is 5.13. The van der Waals surface area contributed by atoms with Gasteiger partial charge in [0.1, 0.15) is 0 Å². The number of amides is 1. The first-order valence-corrected chi connectivity index (χ1v) is 5.13. The smallest absolute Gasteiger partial charge is 0.303 e. The maximum Gasteiger partial charge on any atom is 0.303 e. The monoisotopic (exact) mass is 221 g/mol. The van der Waals surface area contributed by atoms with Crippen molar-refractivity contribution in [1.29, 1.82) is 0 Å². The van der Waals surface area contributed by atoms with Crippen LogP contribution in [0, 0.1) is 0 Å². The molecule has 1 aromatic rings. The number of carbonyl (C=O) groups is 2. The van der Waals surface area contributed by atoms with Gasteiger partial charge in [-0.15, -0.1) is 0 Å². The van der Waals surface area contributed by atoms with E-state index in [9.17, 15) is 9.59 Å². The van der Waals surface area contributed by atoms with Crippen molar-refractivity contribution in [2.75, 3.05) is 0 Å². The normalized spacial score (nSPS) is 11.8. The summed E-state index contributed by atoms with van der Waals surface area (Å²) in [6.07, 6.45) is 0.443. The Morgan fingerprint density at radius 2 is 1.94 bits per heavy atom. The zero-order valence-electron chi connectivity index (χ0n) is 9.14. The number of benzene rings is 1. The second-order valence-corrected chi connectivity index (χ2v) is 3.60. The molecule has 1 atom stereocenters. The Morgan fingerprint density at radius 3 is 2.44 bits per heavy atom. The predicted octanol–water partition coefficient (Wildman–Crippen LogP) is 1.73. The average Bonchev–Trinajstić information content (AvgIpc) is 2.25. The third-order valence-electron chi connectivity index (χ3n) is 2.23. The molecule has 2 N–H and O–H groups in total. The predicted molar refractivity (Wildman–Crippen MR) is 59.9 cm³/mol. The molecule has 0 saturated heterocycles. The summed E-state index contributed by atoms with van der Waals surface area (Å²) in [7, 11) is 0. The second-order valence-electron chi connectivity index (χ2n) is 3.60. The molecule has 0 fully saturated rings. The number of rotatable bonds is 5. The fraction of sp³-hybridized carbons (Fsp3) is 0.333. The summed E-state index contributed by atoms with van der Waals surface area (Å²) < 4.78 is 0. The lowest BCUT2D eigenvalue weighted by molar-refractivity contribution is -0.137. The van der Waals surface area contributed by atoms with Gasteiger partial charge in [-0.3, -0.25) is 9.59 Å². The molecule has 1 unspecified atom stereocenters. The van der Waals surface area contributed by atoms with Gasteiger partial charge in [-0.2, -0.15) is 0 Å². The van der Waals surface area contributed by atoms with Gasteiger partial charge in [0.2, 0.25) is 5.91 Å². The molecule has 0 bridgehead atoms. The van der Waals surface area contributed by atoms with Gasteiger partial charge >= 0.3 is 5.97 Å². The van der Waals surface area contributed by atoms with Gasteiger partial charge in [-0.05, 0) is 12.0 Å². The minimum Gasteiger partial charge on any atom is -0.481 e. The lowest BCUT2D eigenvalue weighted by Gasteiger charge is -2.17. The largest absolute Gasteiger partial charge is 0.481 e. The van der Waals surface area contributed by atoms with Gasteiger partial charge in [-0.1, -0.05) is 30.3 Å². The van der Waals surface area contributed by atoms with Crippen molar-refractivity contribution in [3.63, 3.8) is 0 Å². The van der Waals surface area contributed by atoms with Crippen molar-refractivity contribution >= 4 is 11.9 Å². The van der Waals surface area contributed by atoms with Crippen LogP contribution in [-0.4, -0.2) is 17.0 Å². The van der Waals surface area contributed by atoms with Crippen LogP contribution in [0.3, 0.4) is 0 Å². The lowest BCUT2D eigenvalue weighted by atomic mass is 10.0. The molecule has 0 aromatic heterocycles. The van der Waals surface area contributed by atoms with E-state index < -0.39 is 5.97 Å². The summed E-state index contributed by atoms with van der Waals surface area (Å²) >= 11 is 0. The highest BCUT2D eigenvalue weighted by molar-refractivity contribution is 5.73. The van der Waals surface area contributed by atoms with E-state index in [0.29, 0.717) is 6.42 Å². The molecule has 16 heavy (non-hydrogen) atoms. The zero-order valence-corrected chi connectivity index (χ0v) is 9.14. The molecule has 0 heterocycles. The standard InChI is InChI=1S/C12H15NO3/c1-9(14)13-11(7-8-12(15)16)10-5-3-2-4-6-10/h2-6,11H,7-8H2,1H3,(H,13,14)(H,15,16). The molecule has 0 saturated carbocycles. The van der Waals surface area contributed by atoms with Gasteiger partial charge in [0.15, 0.2) is 0 Å². The van der Waals surface area contributed by atoms with Crippen LogP contribution >= 0.6 is 0 Å². The molecule has 0 aliphatic carbocycles. The molecule has 0 radical (unpaired) electrons. The van der Waals surface area contributed by atoms with Gasteiger partial charge in [0.05, 0.1) is 6.04 Å². The Bertz CT molecular complexity index is 362. The van der Waals surface area contributed by atoms with Crippen LogP contribution in [0.15, 0.2) is 30.3 Å². The van der Waals surface area contributed by atoms with E-state index >= 15 is 0 Å². The van der Waals surface area contributed by atoms with E-state index in [1.54, 1.807) is 0 Å². The van der Waals surface area contributed by atoms with Gasteiger partial charge < -0.3 is 10.4 Å². The first-order chi connectivity index (χ1) is 7.59. The Balaban J connectivity index is 2.71. The van der Waals surface area contributed by atoms with Crippen LogP contribution in [0.2, 0.25) is 0 Å². The molecule has 1 amide bonds. The topological polar surface area (TPSA) is 66.4 Å². The lowest BCUT2D eigenvalue weighted by Crippen LogP contribution is -2.26. The summed E-state index contributed by atoms with van der Waals surface area (Å²) in [5, 5.41) is 11.4. The quantitative estimate of drug-likeness (QED) is 0.795. The van der Waals surface area contributed by atoms with Crippen molar-refractivity contribution in [3.8, 4) is 0 Å². The van der Waals surface area contributed by atoms with Gasteiger partial charge in [0.25, 0.3) is 0 Å². The summed E-state index contributed by atoms with van der Waals surface area (Å²) in [5.41, 5.74) is 0.930. The van der Waals surface area contributed by atoms with Crippen molar-refractivity contribution in [2.45, 2.75) is 25.8 Å². The number of hydrogen-bond acceptors (Lipinski definition) is 2. The first kappa shape index (κ1) is 12.2. The van der Waals surface area contributed by atoms with E-state index in [0.717, 1.165) is 5.56 Å². The summed E-state index contributed by atoms with van der Waals surface area (Å²) in [4.78, 5) is 21.5. The Kier molecular flexibility index (Phi) is 4.51. The molecule has 1 aromatic carbocycles. The van der Waals surface area contributed by atoms with Crippen molar-refractivity contribution in [1.82, 2.24) is 5.32 Å². The van der Waals surface area contributed by atoms with Crippen molar-refractivity contribution in [3.05, 3.63) is 35.9 Å². The van der Waals surface area contributed by atoms with E-state index in [1.807, 2.05) is 30.3 Å². The van der Waals surface area contributed by atoms with Crippen LogP contribution in [0.1, 0.15) is 31.4 Å². The zero-order chi connectivity index (χ0) is 12.0. The van der Waals surface area contributed by atoms with E-state index in [2.05, 4.69) is 5.32 Å². The van der Waals surface area contributed by atoms with Crippen LogP contribution < -0.4 is 5.32 Å². The molecule has 0 spiro atoms. The second kappa shape index (κ2) is 5.90. The number of carboxylic acids is 1. The van der Waals surface area contributed by atoms with Crippen molar-refractivity contribution in [2.24, 2.45) is 0 Å². The fourth-order valence-electron chi connectivity index (χ4n) is 1.52. The molecular formula is C12H15NO3. The van der Waals surface area contributed by atoms with E-state index in [4.69, 9.17) is 5.11 Å². The summed E-state index contributed by atoms with van der Waals surface area (Å²) in [6.45, 7) is 1.43. The molecular weight excluding hydrogens is 206 g/mol. The average molecular weight is 221 g/mol. The number of hydrogen-bond donors (Lipinski definition) is 2. The van der Waals surface area contributed by atoms with Crippen LogP contribution in [0.25, 0.3) is 0 Å². The highest BCUT2D eigenvalue weighted by Gasteiger charge is 2.13.